The minimum Gasteiger partial charge on any atom is -0.330 e. The molecule has 0 aromatic carbocycles. The van der Waals surface area contributed by atoms with Gasteiger partial charge < -0.3 is 11.5 Å². The molecule has 50 valence electrons. The Morgan fingerprint density at radius 3 is 1.75 bits per heavy atom. The van der Waals surface area contributed by atoms with E-state index in [1.165, 1.54) is 12.8 Å². The van der Waals surface area contributed by atoms with E-state index in [0.29, 0.717) is 6.04 Å². The smallest absolute Gasteiger partial charge is 0.00399 e. The average Bonchev–Trinajstić information content (AvgIpc) is 2.52. The van der Waals surface area contributed by atoms with Crippen LogP contribution in [0.5, 0.6) is 0 Å². The van der Waals surface area contributed by atoms with Crippen LogP contribution in [-0.2, 0) is 0 Å². The van der Waals surface area contributed by atoms with Crippen LogP contribution in [0.1, 0.15) is 26.2 Å². The molecule has 0 aromatic rings. The van der Waals surface area contributed by atoms with Crippen molar-refractivity contribution in [2.75, 3.05) is 6.54 Å². The highest BCUT2D eigenvalue weighted by Gasteiger charge is 2.13. The Morgan fingerprint density at radius 1 is 1.50 bits per heavy atom. The molecule has 1 fully saturated rings. The van der Waals surface area contributed by atoms with Gasteiger partial charge in [-0.25, -0.2) is 0 Å². The summed E-state index contributed by atoms with van der Waals surface area (Å²) in [6.45, 7) is 2.88. The highest BCUT2D eigenvalue weighted by molar-refractivity contribution is 4.75. The zero-order chi connectivity index (χ0) is 6.41. The summed E-state index contributed by atoms with van der Waals surface area (Å²) in [4.78, 5) is 0. The fourth-order valence-corrected chi connectivity index (χ4v) is 0.0962. The van der Waals surface area contributed by atoms with Gasteiger partial charge in [-0.05, 0) is 25.8 Å². The van der Waals surface area contributed by atoms with Gasteiger partial charge in [0.05, 0.1) is 0 Å². The van der Waals surface area contributed by atoms with E-state index in [1.807, 2.05) is 0 Å². The van der Waals surface area contributed by atoms with Gasteiger partial charge in [-0.15, -0.1) is 0 Å². The third-order valence-electron chi connectivity index (χ3n) is 0.911. The predicted octanol–water partition coefficient (Wildman–Crippen LogP) is 0.463. The van der Waals surface area contributed by atoms with Crippen LogP contribution in [0.4, 0.5) is 0 Å². The zero-order valence-electron chi connectivity index (χ0n) is 5.56. The van der Waals surface area contributed by atoms with Crippen LogP contribution in [0.25, 0.3) is 0 Å². The summed E-state index contributed by atoms with van der Waals surface area (Å²) in [5.41, 5.74) is 10.2. The molecule has 4 N–H and O–H groups in total. The minimum atomic E-state index is 0.583. The Bertz CT molecular complexity index is 39.8. The lowest BCUT2D eigenvalue weighted by Gasteiger charge is -1.70. The minimum absolute atomic E-state index is 0.583. The van der Waals surface area contributed by atoms with Crippen LogP contribution in [0.2, 0.25) is 0 Å². The number of hydrogen-bond donors (Lipinski definition) is 2. The van der Waals surface area contributed by atoms with Crippen LogP contribution in [0.15, 0.2) is 0 Å². The standard InChI is InChI=1S/C3H7N.C3H9N/c4-3-1-2-3;1-2-3-4/h3H,1-2,4H2;2-4H2,1H3. The van der Waals surface area contributed by atoms with Crippen molar-refractivity contribution < 1.29 is 0 Å². The first-order valence-corrected chi connectivity index (χ1v) is 3.27. The maximum atomic E-state index is 5.22. The second-order valence-electron chi connectivity index (χ2n) is 2.13. The molecule has 0 radical (unpaired) electrons. The first-order valence-electron chi connectivity index (χ1n) is 3.27. The van der Waals surface area contributed by atoms with Crippen molar-refractivity contribution in [3.63, 3.8) is 0 Å². The van der Waals surface area contributed by atoms with E-state index in [-0.39, 0.29) is 0 Å². The average molecular weight is 116 g/mol. The zero-order valence-corrected chi connectivity index (χ0v) is 5.56. The third-order valence-corrected chi connectivity index (χ3v) is 0.911. The third kappa shape index (κ3) is 9.33. The fraction of sp³-hybridized carbons (Fsp3) is 1.00. The summed E-state index contributed by atoms with van der Waals surface area (Å²) in [5.74, 6) is 0. The molecule has 1 saturated carbocycles. The van der Waals surface area contributed by atoms with Crippen molar-refractivity contribution in [3.05, 3.63) is 0 Å². The highest BCUT2D eigenvalue weighted by Crippen LogP contribution is 2.13. The van der Waals surface area contributed by atoms with Crippen LogP contribution < -0.4 is 11.5 Å². The number of rotatable bonds is 1. The molecule has 0 unspecified atom stereocenters. The molecular weight excluding hydrogens is 100 g/mol. The van der Waals surface area contributed by atoms with Gasteiger partial charge in [-0.2, -0.15) is 0 Å². The Hall–Kier alpha value is -0.0800. The lowest BCUT2D eigenvalue weighted by atomic mass is 10.5. The Labute approximate surface area is 51.2 Å². The van der Waals surface area contributed by atoms with E-state index in [2.05, 4.69) is 6.92 Å². The second kappa shape index (κ2) is 5.06. The van der Waals surface area contributed by atoms with Crippen LogP contribution in [0, 0.1) is 0 Å². The Kier molecular flexibility index (Phi) is 5.01. The van der Waals surface area contributed by atoms with E-state index in [9.17, 15) is 0 Å². The maximum Gasteiger partial charge on any atom is 0.00399 e. The SMILES string of the molecule is CCCN.NC1CC1. The molecular formula is C6H16N2. The summed E-state index contributed by atoms with van der Waals surface area (Å²) in [6, 6.07) is 0.583. The van der Waals surface area contributed by atoms with Crippen molar-refractivity contribution in [3.8, 4) is 0 Å². The van der Waals surface area contributed by atoms with E-state index in [0.717, 1.165) is 13.0 Å². The molecule has 1 aliphatic rings. The van der Waals surface area contributed by atoms with E-state index < -0.39 is 0 Å². The summed E-state index contributed by atoms with van der Waals surface area (Å²) >= 11 is 0. The van der Waals surface area contributed by atoms with Crippen molar-refractivity contribution in [2.24, 2.45) is 11.5 Å². The normalized spacial score (nSPS) is 16.9. The first-order chi connectivity index (χ1) is 3.81. The summed E-state index contributed by atoms with van der Waals surface area (Å²) in [5, 5.41) is 0. The monoisotopic (exact) mass is 116 g/mol. The fourth-order valence-electron chi connectivity index (χ4n) is 0.0962. The molecule has 0 heterocycles. The summed E-state index contributed by atoms with van der Waals surface area (Å²) in [7, 11) is 0. The number of hydrogen-bond acceptors (Lipinski definition) is 2. The van der Waals surface area contributed by atoms with Gasteiger partial charge >= 0.3 is 0 Å². The first kappa shape index (κ1) is 7.92. The quantitative estimate of drug-likeness (QED) is 0.523. The van der Waals surface area contributed by atoms with Crippen molar-refractivity contribution in [2.45, 2.75) is 32.2 Å². The lowest BCUT2D eigenvalue weighted by molar-refractivity contribution is 0.932. The van der Waals surface area contributed by atoms with Gasteiger partial charge in [0, 0.05) is 6.04 Å². The molecule has 0 spiro atoms. The Balaban J connectivity index is 0.000000122. The van der Waals surface area contributed by atoms with Crippen LogP contribution >= 0.6 is 0 Å². The van der Waals surface area contributed by atoms with E-state index >= 15 is 0 Å². The molecule has 0 amide bonds. The van der Waals surface area contributed by atoms with Gasteiger partial charge in [0.25, 0.3) is 0 Å². The van der Waals surface area contributed by atoms with E-state index in [1.54, 1.807) is 0 Å². The van der Waals surface area contributed by atoms with Crippen LogP contribution in [-0.4, -0.2) is 12.6 Å². The molecule has 2 heteroatoms. The molecule has 1 rings (SSSR count). The highest BCUT2D eigenvalue weighted by atomic mass is 14.7. The van der Waals surface area contributed by atoms with Crippen molar-refractivity contribution >= 4 is 0 Å². The maximum absolute atomic E-state index is 5.22. The molecule has 1 aliphatic carbocycles. The lowest BCUT2D eigenvalue weighted by Crippen LogP contribution is -1.94. The summed E-state index contributed by atoms with van der Waals surface area (Å²) in [6.07, 6.45) is 3.62. The molecule has 0 aromatic heterocycles. The molecule has 0 saturated heterocycles. The molecule has 0 aliphatic heterocycles. The molecule has 0 atom stereocenters. The van der Waals surface area contributed by atoms with Gasteiger partial charge in [0.15, 0.2) is 0 Å². The van der Waals surface area contributed by atoms with Crippen molar-refractivity contribution in [1.82, 2.24) is 0 Å². The van der Waals surface area contributed by atoms with Crippen LogP contribution in [0.3, 0.4) is 0 Å². The van der Waals surface area contributed by atoms with Gasteiger partial charge in [0.2, 0.25) is 0 Å². The van der Waals surface area contributed by atoms with Gasteiger partial charge in [-0.3, -0.25) is 0 Å². The molecule has 8 heavy (non-hydrogen) atoms. The predicted molar refractivity (Wildman–Crippen MR) is 36.6 cm³/mol. The van der Waals surface area contributed by atoms with Gasteiger partial charge in [0.1, 0.15) is 0 Å². The van der Waals surface area contributed by atoms with Crippen molar-refractivity contribution in [1.29, 1.82) is 0 Å². The number of nitrogens with two attached hydrogens (primary N) is 2. The molecule has 2 nitrogen and oxygen atoms in total. The second-order valence-corrected chi connectivity index (χ2v) is 2.13. The summed E-state index contributed by atoms with van der Waals surface area (Å²) < 4.78 is 0. The Morgan fingerprint density at radius 2 is 1.75 bits per heavy atom. The van der Waals surface area contributed by atoms with Gasteiger partial charge in [-0.1, -0.05) is 6.92 Å². The largest absolute Gasteiger partial charge is 0.330 e. The topological polar surface area (TPSA) is 52.0 Å². The molecule has 0 bridgehead atoms. The van der Waals surface area contributed by atoms with E-state index in [4.69, 9.17) is 11.5 Å².